The molecule has 3 aromatic rings. The van der Waals surface area contributed by atoms with Crippen LogP contribution in [-0.2, 0) is 20.0 Å². The van der Waals surface area contributed by atoms with Crippen molar-refractivity contribution in [3.8, 4) is 0 Å². The van der Waals surface area contributed by atoms with E-state index < -0.39 is 0 Å². The summed E-state index contributed by atoms with van der Waals surface area (Å²) in [4.78, 5) is 0. The van der Waals surface area contributed by atoms with Crippen molar-refractivity contribution in [3.63, 3.8) is 0 Å². The number of benzene rings is 1. The van der Waals surface area contributed by atoms with Crippen molar-refractivity contribution >= 4 is 11.0 Å². The Balaban J connectivity index is 1.57. The minimum Gasteiger partial charge on any atom is -0.464 e. The van der Waals surface area contributed by atoms with Gasteiger partial charge in [-0.15, -0.1) is 0 Å². The second-order valence-corrected chi connectivity index (χ2v) is 4.63. The zero-order valence-electron chi connectivity index (χ0n) is 11.0. The summed E-state index contributed by atoms with van der Waals surface area (Å²) < 4.78 is 7.43. The van der Waals surface area contributed by atoms with Crippen molar-refractivity contribution in [1.29, 1.82) is 0 Å². The third-order valence-electron chi connectivity index (χ3n) is 3.36. The van der Waals surface area contributed by atoms with Crippen molar-refractivity contribution in [2.75, 3.05) is 6.54 Å². The highest BCUT2D eigenvalue weighted by Crippen LogP contribution is 2.20. The molecule has 0 bridgehead atoms. The van der Waals surface area contributed by atoms with Gasteiger partial charge in [-0.05, 0) is 12.1 Å². The monoisotopic (exact) mass is 255 g/mol. The molecule has 0 saturated carbocycles. The van der Waals surface area contributed by atoms with Gasteiger partial charge in [0.2, 0.25) is 0 Å². The van der Waals surface area contributed by atoms with E-state index in [4.69, 9.17) is 4.42 Å². The summed E-state index contributed by atoms with van der Waals surface area (Å²) in [6, 6.07) is 10.2. The highest BCUT2D eigenvalue weighted by atomic mass is 16.3. The second-order valence-electron chi connectivity index (χ2n) is 4.63. The number of hydrogen-bond donors (Lipinski definition) is 1. The van der Waals surface area contributed by atoms with Gasteiger partial charge in [0.05, 0.1) is 6.26 Å². The predicted molar refractivity (Wildman–Crippen MR) is 74.8 cm³/mol. The molecule has 1 aromatic carbocycles. The maximum atomic E-state index is 5.52. The molecular weight excluding hydrogens is 238 g/mol. The number of furan rings is 1. The Morgan fingerprint density at radius 1 is 1.26 bits per heavy atom. The van der Waals surface area contributed by atoms with Crippen molar-refractivity contribution < 1.29 is 4.42 Å². The molecule has 98 valence electrons. The molecule has 0 radical (unpaired) electrons. The molecule has 2 aromatic heterocycles. The van der Waals surface area contributed by atoms with E-state index in [1.807, 2.05) is 42.4 Å². The number of para-hydroxylation sites is 1. The summed E-state index contributed by atoms with van der Waals surface area (Å²) in [5.41, 5.74) is 3.40. The van der Waals surface area contributed by atoms with E-state index in [1.165, 1.54) is 16.6 Å². The number of aromatic nitrogens is 2. The first-order valence-electron chi connectivity index (χ1n) is 6.47. The van der Waals surface area contributed by atoms with Gasteiger partial charge in [-0.1, -0.05) is 18.2 Å². The Morgan fingerprint density at radius 3 is 3.00 bits per heavy atom. The highest BCUT2D eigenvalue weighted by molar-refractivity contribution is 5.80. The van der Waals surface area contributed by atoms with E-state index in [-0.39, 0.29) is 0 Å². The molecule has 4 nitrogen and oxygen atoms in total. The number of nitrogens with one attached hydrogen (secondary N) is 1. The fourth-order valence-corrected chi connectivity index (χ4v) is 2.26. The standard InChI is InChI=1S/C15H17N3O/c1-18-13(7-9-17-18)6-8-16-10-12-11-19-15-5-3-2-4-14(12)15/h2-5,7,9,11,16H,6,8,10H2,1H3. The van der Waals surface area contributed by atoms with Gasteiger partial charge >= 0.3 is 0 Å². The van der Waals surface area contributed by atoms with Gasteiger partial charge in [0.25, 0.3) is 0 Å². The van der Waals surface area contributed by atoms with E-state index in [2.05, 4.69) is 22.5 Å². The van der Waals surface area contributed by atoms with Crippen LogP contribution in [0.15, 0.2) is 47.2 Å². The fourth-order valence-electron chi connectivity index (χ4n) is 2.26. The lowest BCUT2D eigenvalue weighted by Crippen LogP contribution is -2.17. The van der Waals surface area contributed by atoms with Gasteiger partial charge < -0.3 is 9.73 Å². The van der Waals surface area contributed by atoms with E-state index in [9.17, 15) is 0 Å². The van der Waals surface area contributed by atoms with Crippen molar-refractivity contribution in [2.45, 2.75) is 13.0 Å². The van der Waals surface area contributed by atoms with Crippen LogP contribution in [0.4, 0.5) is 0 Å². The van der Waals surface area contributed by atoms with Crippen LogP contribution in [0.5, 0.6) is 0 Å². The lowest BCUT2D eigenvalue weighted by atomic mass is 10.2. The number of aryl methyl sites for hydroxylation is 1. The Morgan fingerprint density at radius 2 is 2.16 bits per heavy atom. The van der Waals surface area contributed by atoms with Gasteiger partial charge in [0.1, 0.15) is 5.58 Å². The second kappa shape index (κ2) is 5.28. The third kappa shape index (κ3) is 2.53. The van der Waals surface area contributed by atoms with Gasteiger partial charge in [0.15, 0.2) is 0 Å². The zero-order valence-corrected chi connectivity index (χ0v) is 11.0. The minimum atomic E-state index is 0.828. The van der Waals surface area contributed by atoms with Crippen LogP contribution >= 0.6 is 0 Å². The largest absolute Gasteiger partial charge is 0.464 e. The lowest BCUT2D eigenvalue weighted by molar-refractivity contribution is 0.599. The van der Waals surface area contributed by atoms with E-state index >= 15 is 0 Å². The molecular formula is C15H17N3O. The molecule has 0 spiro atoms. The normalized spacial score (nSPS) is 11.2. The molecule has 0 aliphatic carbocycles. The van der Waals surface area contributed by atoms with Crippen molar-refractivity contribution in [2.24, 2.45) is 7.05 Å². The summed E-state index contributed by atoms with van der Waals surface area (Å²) in [6.07, 6.45) is 4.65. The molecule has 0 atom stereocenters. The van der Waals surface area contributed by atoms with Gasteiger partial charge in [-0.25, -0.2) is 0 Å². The van der Waals surface area contributed by atoms with Crippen molar-refractivity contribution in [3.05, 3.63) is 54.0 Å². The molecule has 0 unspecified atom stereocenters. The first-order valence-corrected chi connectivity index (χ1v) is 6.47. The molecule has 0 amide bonds. The molecule has 19 heavy (non-hydrogen) atoms. The molecule has 2 heterocycles. The maximum absolute atomic E-state index is 5.52. The van der Waals surface area contributed by atoms with E-state index in [0.29, 0.717) is 0 Å². The number of nitrogens with zero attached hydrogens (tertiary/aromatic N) is 2. The average Bonchev–Trinajstić information content (AvgIpc) is 3.02. The summed E-state index contributed by atoms with van der Waals surface area (Å²) in [6.45, 7) is 1.76. The lowest BCUT2D eigenvalue weighted by Gasteiger charge is -2.04. The van der Waals surface area contributed by atoms with Crippen LogP contribution in [0.25, 0.3) is 11.0 Å². The van der Waals surface area contributed by atoms with E-state index in [0.717, 1.165) is 25.1 Å². The quantitative estimate of drug-likeness (QED) is 0.712. The van der Waals surface area contributed by atoms with Gasteiger partial charge in [0, 0.05) is 49.4 Å². The summed E-state index contributed by atoms with van der Waals surface area (Å²) in [5.74, 6) is 0. The van der Waals surface area contributed by atoms with Crippen molar-refractivity contribution in [1.82, 2.24) is 15.1 Å². The van der Waals surface area contributed by atoms with Gasteiger partial charge in [-0.3, -0.25) is 4.68 Å². The Kier molecular flexibility index (Phi) is 3.33. The zero-order chi connectivity index (χ0) is 13.1. The number of hydrogen-bond acceptors (Lipinski definition) is 3. The molecule has 3 rings (SSSR count). The van der Waals surface area contributed by atoms with Crippen LogP contribution in [0, 0.1) is 0 Å². The maximum Gasteiger partial charge on any atom is 0.134 e. The fraction of sp³-hybridized carbons (Fsp3) is 0.267. The molecule has 4 heteroatoms. The van der Waals surface area contributed by atoms with Crippen LogP contribution in [0.1, 0.15) is 11.3 Å². The predicted octanol–water partition coefficient (Wildman–Crippen LogP) is 2.50. The van der Waals surface area contributed by atoms with Crippen LogP contribution in [0.2, 0.25) is 0 Å². The smallest absolute Gasteiger partial charge is 0.134 e. The Hall–Kier alpha value is -2.07. The number of fused-ring (bicyclic) bond motifs is 1. The molecule has 0 aliphatic rings. The van der Waals surface area contributed by atoms with Crippen LogP contribution in [-0.4, -0.2) is 16.3 Å². The SMILES string of the molecule is Cn1nccc1CCNCc1coc2ccccc12. The summed E-state index contributed by atoms with van der Waals surface area (Å²) >= 11 is 0. The Bertz CT molecular complexity index is 669. The van der Waals surface area contributed by atoms with Gasteiger partial charge in [-0.2, -0.15) is 5.10 Å². The molecule has 1 N–H and O–H groups in total. The first-order chi connectivity index (χ1) is 9.34. The highest BCUT2D eigenvalue weighted by Gasteiger charge is 2.04. The molecule has 0 saturated heterocycles. The van der Waals surface area contributed by atoms with Crippen LogP contribution in [0.3, 0.4) is 0 Å². The summed E-state index contributed by atoms with van der Waals surface area (Å²) in [7, 11) is 1.97. The Labute approximate surface area is 112 Å². The first kappa shape index (κ1) is 12.0. The molecule has 0 fully saturated rings. The number of rotatable bonds is 5. The topological polar surface area (TPSA) is 43.0 Å². The molecule has 0 aliphatic heterocycles. The minimum absolute atomic E-state index is 0.828. The summed E-state index contributed by atoms with van der Waals surface area (Å²) in [5, 5.41) is 8.79. The van der Waals surface area contributed by atoms with E-state index in [1.54, 1.807) is 0 Å². The average molecular weight is 255 g/mol. The van der Waals surface area contributed by atoms with Crippen LogP contribution < -0.4 is 5.32 Å². The third-order valence-corrected chi connectivity index (χ3v) is 3.36.